The van der Waals surface area contributed by atoms with Crippen molar-refractivity contribution in [3.05, 3.63) is 65.2 Å². The number of rotatable bonds is 6. The van der Waals surface area contributed by atoms with Gasteiger partial charge in [-0.15, -0.1) is 0 Å². The fraction of sp³-hybridized carbons (Fsp3) is 0.458. The van der Waals surface area contributed by atoms with E-state index in [1.54, 1.807) is 0 Å². The van der Waals surface area contributed by atoms with Gasteiger partial charge in [-0.05, 0) is 44.2 Å². The Balaban J connectivity index is 0.00000280. The van der Waals surface area contributed by atoms with Gasteiger partial charge in [0.2, 0.25) is 0 Å². The van der Waals surface area contributed by atoms with Gasteiger partial charge in [-0.2, -0.15) is 0 Å². The van der Waals surface area contributed by atoms with Gasteiger partial charge < -0.3 is 9.80 Å². The molecule has 1 saturated heterocycles. The molecule has 1 heterocycles. The van der Waals surface area contributed by atoms with Gasteiger partial charge in [0.1, 0.15) is 6.54 Å². The van der Waals surface area contributed by atoms with E-state index in [1.807, 2.05) is 6.07 Å². The summed E-state index contributed by atoms with van der Waals surface area (Å²) in [6.07, 6.45) is 4.56. The molecule has 1 aliphatic rings. The van der Waals surface area contributed by atoms with Crippen LogP contribution in [0, 0.1) is 13.8 Å². The van der Waals surface area contributed by atoms with E-state index in [1.165, 1.54) is 24.8 Å². The number of hydrogen-bond donors (Lipinski definition) is 1. The SMILES string of the molecule is CCC(C(=O)Nc1c(C)cccc1C)[N+]1(Cc2ccccc2)CCCCC1.[Y]. The van der Waals surface area contributed by atoms with Gasteiger partial charge in [0.15, 0.2) is 6.04 Å². The molecule has 2 aromatic carbocycles. The van der Waals surface area contributed by atoms with E-state index in [0.717, 1.165) is 47.4 Å². The van der Waals surface area contributed by atoms with E-state index in [2.05, 4.69) is 68.6 Å². The van der Waals surface area contributed by atoms with Crippen molar-refractivity contribution in [2.24, 2.45) is 0 Å². The predicted octanol–water partition coefficient (Wildman–Crippen LogP) is 5.22. The summed E-state index contributed by atoms with van der Waals surface area (Å²) < 4.78 is 0.886. The summed E-state index contributed by atoms with van der Waals surface area (Å²) in [6, 6.07) is 16.8. The number of para-hydroxylation sites is 1. The second-order valence-corrected chi connectivity index (χ2v) is 8.05. The smallest absolute Gasteiger partial charge is 0.282 e. The Morgan fingerprint density at radius 3 is 2.14 bits per heavy atom. The predicted molar refractivity (Wildman–Crippen MR) is 113 cm³/mol. The average molecular weight is 454 g/mol. The number of nitrogens with one attached hydrogen (secondary N) is 1. The molecule has 0 saturated carbocycles. The van der Waals surface area contributed by atoms with Gasteiger partial charge in [-0.3, -0.25) is 4.79 Å². The van der Waals surface area contributed by atoms with Crippen LogP contribution in [0.5, 0.6) is 0 Å². The van der Waals surface area contributed by atoms with Gasteiger partial charge >= 0.3 is 0 Å². The molecule has 28 heavy (non-hydrogen) atoms. The molecule has 1 amide bonds. The Labute approximate surface area is 195 Å². The third-order valence-electron chi connectivity index (χ3n) is 6.13. The van der Waals surface area contributed by atoms with Crippen LogP contribution >= 0.6 is 0 Å². The van der Waals surface area contributed by atoms with Crippen LogP contribution < -0.4 is 5.32 Å². The molecule has 0 bridgehead atoms. The molecule has 1 fully saturated rings. The number of likely N-dealkylation sites (tertiary alicyclic amines) is 1. The van der Waals surface area contributed by atoms with E-state index in [-0.39, 0.29) is 44.7 Å². The van der Waals surface area contributed by atoms with Crippen molar-refractivity contribution in [3.63, 3.8) is 0 Å². The Bertz CT molecular complexity index is 749. The van der Waals surface area contributed by atoms with Crippen LogP contribution in [-0.2, 0) is 44.0 Å². The van der Waals surface area contributed by atoms with Crippen molar-refractivity contribution in [1.29, 1.82) is 0 Å². The Kier molecular flexibility index (Phi) is 8.86. The summed E-state index contributed by atoms with van der Waals surface area (Å²) in [5.41, 5.74) is 4.58. The minimum absolute atomic E-state index is 0. The summed E-state index contributed by atoms with van der Waals surface area (Å²) in [7, 11) is 0. The third kappa shape index (κ3) is 5.31. The van der Waals surface area contributed by atoms with Crippen LogP contribution in [0.15, 0.2) is 48.5 Å². The molecule has 1 unspecified atom stereocenters. The summed E-state index contributed by atoms with van der Waals surface area (Å²) in [6.45, 7) is 9.42. The molecule has 1 atom stereocenters. The maximum absolute atomic E-state index is 13.4. The molecule has 2 aromatic rings. The molecule has 147 valence electrons. The topological polar surface area (TPSA) is 29.1 Å². The maximum atomic E-state index is 13.4. The minimum Gasteiger partial charge on any atom is -0.320 e. The van der Waals surface area contributed by atoms with Gasteiger partial charge in [-0.1, -0.05) is 55.5 Å². The zero-order valence-corrected chi connectivity index (χ0v) is 20.4. The fourth-order valence-corrected chi connectivity index (χ4v) is 4.71. The normalized spacial score (nSPS) is 16.7. The second-order valence-electron chi connectivity index (χ2n) is 8.05. The summed E-state index contributed by atoms with van der Waals surface area (Å²) >= 11 is 0. The summed E-state index contributed by atoms with van der Waals surface area (Å²) in [4.78, 5) is 13.4. The molecule has 3 nitrogen and oxygen atoms in total. The van der Waals surface area contributed by atoms with Gasteiger partial charge in [0.25, 0.3) is 5.91 Å². The van der Waals surface area contributed by atoms with E-state index in [4.69, 9.17) is 0 Å². The number of amides is 1. The Hall–Kier alpha value is -1.03. The first-order valence-electron chi connectivity index (χ1n) is 10.3. The van der Waals surface area contributed by atoms with E-state index in [0.29, 0.717) is 0 Å². The van der Waals surface area contributed by atoms with Crippen molar-refractivity contribution < 1.29 is 42.0 Å². The molecule has 1 N–H and O–H groups in total. The van der Waals surface area contributed by atoms with Crippen molar-refractivity contribution in [2.75, 3.05) is 18.4 Å². The van der Waals surface area contributed by atoms with E-state index < -0.39 is 0 Å². The number of carbonyl (C=O) groups is 1. The van der Waals surface area contributed by atoms with Crippen LogP contribution in [0.1, 0.15) is 49.3 Å². The Morgan fingerprint density at radius 1 is 0.964 bits per heavy atom. The number of hydrogen-bond acceptors (Lipinski definition) is 1. The van der Waals surface area contributed by atoms with Crippen molar-refractivity contribution in [1.82, 2.24) is 0 Å². The van der Waals surface area contributed by atoms with Crippen LogP contribution in [0.3, 0.4) is 0 Å². The molecule has 0 aliphatic carbocycles. The molecule has 3 rings (SSSR count). The number of carbonyl (C=O) groups excluding carboxylic acids is 1. The van der Waals surface area contributed by atoms with Gasteiger partial charge in [0, 0.05) is 50.4 Å². The van der Waals surface area contributed by atoms with E-state index in [9.17, 15) is 4.79 Å². The zero-order valence-electron chi connectivity index (χ0n) is 17.6. The molecule has 0 spiro atoms. The molecule has 4 heteroatoms. The summed E-state index contributed by atoms with van der Waals surface area (Å²) in [5, 5.41) is 3.28. The molecule has 1 aliphatic heterocycles. The van der Waals surface area contributed by atoms with Crippen molar-refractivity contribution in [2.45, 2.75) is 59.0 Å². The maximum Gasteiger partial charge on any atom is 0.282 e. The zero-order chi connectivity index (χ0) is 19.3. The first kappa shape index (κ1) is 23.3. The van der Waals surface area contributed by atoms with E-state index >= 15 is 0 Å². The van der Waals surface area contributed by atoms with Gasteiger partial charge in [-0.25, -0.2) is 0 Å². The van der Waals surface area contributed by atoms with Crippen LogP contribution in [0.2, 0.25) is 0 Å². The molecule has 1 radical (unpaired) electrons. The number of quaternary nitrogens is 1. The van der Waals surface area contributed by atoms with Crippen LogP contribution in [-0.4, -0.2) is 29.5 Å². The second kappa shape index (κ2) is 10.7. The number of anilines is 1. The standard InChI is InChI=1S/C24H32N2O.Y/c1-4-22(24(27)25-23-19(2)12-11-13-20(23)3)26(16-9-6-10-17-26)18-21-14-7-5-8-15-21;/h5,7-8,11-15,22H,4,6,9-10,16-18H2,1-3H3;/p+1. The average Bonchev–Trinajstić information content (AvgIpc) is 2.67. The first-order valence-corrected chi connectivity index (χ1v) is 10.3. The van der Waals surface area contributed by atoms with Crippen LogP contribution in [0.25, 0.3) is 0 Å². The quantitative estimate of drug-likeness (QED) is 0.596. The number of piperidine rings is 1. The van der Waals surface area contributed by atoms with Crippen molar-refractivity contribution >= 4 is 11.6 Å². The monoisotopic (exact) mass is 454 g/mol. The minimum atomic E-state index is -0.00971. The van der Waals surface area contributed by atoms with Gasteiger partial charge in [0.05, 0.1) is 13.1 Å². The fourth-order valence-electron chi connectivity index (χ4n) is 4.71. The molecular formula is C24H33N2OY+. The first-order chi connectivity index (χ1) is 13.1. The third-order valence-corrected chi connectivity index (χ3v) is 6.13. The number of aryl methyl sites for hydroxylation is 2. The Morgan fingerprint density at radius 2 is 1.57 bits per heavy atom. The van der Waals surface area contributed by atoms with Crippen LogP contribution in [0.4, 0.5) is 5.69 Å². The van der Waals surface area contributed by atoms with Crippen molar-refractivity contribution in [3.8, 4) is 0 Å². The molecule has 0 aromatic heterocycles. The number of benzene rings is 2. The summed E-state index contributed by atoms with van der Waals surface area (Å²) in [5.74, 6) is 0.174. The number of nitrogens with zero attached hydrogens (tertiary/aromatic N) is 1. The molecular weight excluding hydrogens is 421 g/mol. The largest absolute Gasteiger partial charge is 0.320 e.